The maximum atomic E-state index is 11.0. The van der Waals surface area contributed by atoms with Crippen LogP contribution >= 0.6 is 0 Å². The van der Waals surface area contributed by atoms with Crippen LogP contribution in [0, 0.1) is 5.92 Å². The normalized spacial score (nSPS) is 12.6. The standard InChI is InChI=1S/C16H25NO2/c1-4-13-6-8-14(9-7-13)10-11-17(3)12-15(5-2)16(18)19/h6-9,15H,4-5,10-12H2,1-3H3,(H,18,19). The van der Waals surface area contributed by atoms with Crippen LogP contribution < -0.4 is 0 Å². The van der Waals surface area contributed by atoms with Gasteiger partial charge in [-0.3, -0.25) is 4.79 Å². The van der Waals surface area contributed by atoms with Crippen molar-refractivity contribution in [1.82, 2.24) is 4.90 Å². The molecule has 1 rings (SSSR count). The van der Waals surface area contributed by atoms with Gasteiger partial charge in [-0.15, -0.1) is 0 Å². The molecule has 0 heterocycles. The van der Waals surface area contributed by atoms with E-state index >= 15 is 0 Å². The van der Waals surface area contributed by atoms with Crippen molar-refractivity contribution in [3.63, 3.8) is 0 Å². The van der Waals surface area contributed by atoms with E-state index in [1.54, 1.807) is 0 Å². The first-order valence-electron chi connectivity index (χ1n) is 7.06. The van der Waals surface area contributed by atoms with Crippen LogP contribution in [-0.2, 0) is 17.6 Å². The van der Waals surface area contributed by atoms with Crippen molar-refractivity contribution in [2.24, 2.45) is 5.92 Å². The van der Waals surface area contributed by atoms with Gasteiger partial charge in [0.1, 0.15) is 0 Å². The molecule has 3 heteroatoms. The van der Waals surface area contributed by atoms with Gasteiger partial charge in [0.15, 0.2) is 0 Å². The molecule has 0 radical (unpaired) electrons. The largest absolute Gasteiger partial charge is 0.481 e. The van der Waals surface area contributed by atoms with Crippen molar-refractivity contribution < 1.29 is 9.90 Å². The third-order valence-electron chi connectivity index (χ3n) is 3.59. The summed E-state index contributed by atoms with van der Waals surface area (Å²) in [6.45, 7) is 5.60. The zero-order valence-corrected chi connectivity index (χ0v) is 12.2. The molecule has 19 heavy (non-hydrogen) atoms. The van der Waals surface area contributed by atoms with Crippen molar-refractivity contribution in [1.29, 1.82) is 0 Å². The topological polar surface area (TPSA) is 40.5 Å². The molecule has 0 saturated carbocycles. The average Bonchev–Trinajstić information content (AvgIpc) is 2.42. The van der Waals surface area contributed by atoms with Gasteiger partial charge in [0.25, 0.3) is 0 Å². The number of nitrogens with zero attached hydrogens (tertiary/aromatic N) is 1. The highest BCUT2D eigenvalue weighted by Gasteiger charge is 2.16. The maximum Gasteiger partial charge on any atom is 0.307 e. The molecule has 0 bridgehead atoms. The fraction of sp³-hybridized carbons (Fsp3) is 0.562. The minimum atomic E-state index is -0.693. The molecule has 0 spiro atoms. The predicted octanol–water partition coefficient (Wildman–Crippen LogP) is 2.83. The molecule has 1 N–H and O–H groups in total. The Balaban J connectivity index is 2.40. The van der Waals surface area contributed by atoms with E-state index in [4.69, 9.17) is 5.11 Å². The van der Waals surface area contributed by atoms with Gasteiger partial charge in [-0.2, -0.15) is 0 Å². The van der Waals surface area contributed by atoms with Gasteiger partial charge in [-0.05, 0) is 37.4 Å². The summed E-state index contributed by atoms with van der Waals surface area (Å²) in [5.41, 5.74) is 2.67. The molecule has 0 saturated heterocycles. The monoisotopic (exact) mass is 263 g/mol. The summed E-state index contributed by atoms with van der Waals surface area (Å²) in [5, 5.41) is 9.04. The molecule has 0 aliphatic rings. The van der Waals surface area contributed by atoms with E-state index in [-0.39, 0.29) is 5.92 Å². The van der Waals surface area contributed by atoms with Gasteiger partial charge in [0, 0.05) is 13.1 Å². The Hall–Kier alpha value is -1.35. The molecular weight excluding hydrogens is 238 g/mol. The SMILES string of the molecule is CCc1ccc(CCN(C)CC(CC)C(=O)O)cc1. The second kappa shape index (κ2) is 7.95. The summed E-state index contributed by atoms with van der Waals surface area (Å²) in [6, 6.07) is 8.67. The number of benzene rings is 1. The number of carbonyl (C=O) groups is 1. The van der Waals surface area contributed by atoms with Crippen LogP contribution in [0.1, 0.15) is 31.4 Å². The van der Waals surface area contributed by atoms with E-state index < -0.39 is 5.97 Å². The summed E-state index contributed by atoms with van der Waals surface area (Å²) in [4.78, 5) is 13.1. The van der Waals surface area contributed by atoms with E-state index in [0.717, 1.165) is 19.4 Å². The minimum absolute atomic E-state index is 0.257. The predicted molar refractivity (Wildman–Crippen MR) is 78.4 cm³/mol. The first-order valence-corrected chi connectivity index (χ1v) is 7.06. The number of hydrogen-bond donors (Lipinski definition) is 1. The van der Waals surface area contributed by atoms with Gasteiger partial charge < -0.3 is 10.0 Å². The third kappa shape index (κ3) is 5.43. The van der Waals surface area contributed by atoms with Crippen LogP contribution in [0.3, 0.4) is 0 Å². The van der Waals surface area contributed by atoms with Crippen LogP contribution in [0.5, 0.6) is 0 Å². The van der Waals surface area contributed by atoms with Crippen LogP contribution in [0.25, 0.3) is 0 Å². The highest BCUT2D eigenvalue weighted by molar-refractivity contribution is 5.70. The van der Waals surface area contributed by atoms with Crippen LogP contribution in [0.2, 0.25) is 0 Å². The van der Waals surface area contributed by atoms with Gasteiger partial charge in [0.05, 0.1) is 5.92 Å². The molecule has 1 atom stereocenters. The molecule has 0 fully saturated rings. The molecule has 1 aromatic carbocycles. The highest BCUT2D eigenvalue weighted by Crippen LogP contribution is 2.08. The Morgan fingerprint density at radius 3 is 2.26 bits per heavy atom. The number of aliphatic carboxylic acids is 1. The Kier molecular flexibility index (Phi) is 6.57. The van der Waals surface area contributed by atoms with E-state index in [1.807, 2.05) is 14.0 Å². The number of rotatable bonds is 8. The van der Waals surface area contributed by atoms with E-state index in [2.05, 4.69) is 36.1 Å². The second-order valence-corrected chi connectivity index (χ2v) is 5.13. The number of carboxylic acid groups (broad SMARTS) is 1. The van der Waals surface area contributed by atoms with Gasteiger partial charge in [-0.1, -0.05) is 38.1 Å². The van der Waals surface area contributed by atoms with Crippen molar-refractivity contribution in [2.75, 3.05) is 20.1 Å². The van der Waals surface area contributed by atoms with Gasteiger partial charge in [-0.25, -0.2) is 0 Å². The molecule has 106 valence electrons. The molecule has 0 aromatic heterocycles. The molecule has 1 aromatic rings. The van der Waals surface area contributed by atoms with Gasteiger partial charge in [0.2, 0.25) is 0 Å². The molecule has 0 aliphatic heterocycles. The quantitative estimate of drug-likeness (QED) is 0.784. The van der Waals surface area contributed by atoms with E-state index in [1.165, 1.54) is 11.1 Å². The first kappa shape index (κ1) is 15.7. The molecule has 0 aliphatic carbocycles. The summed E-state index contributed by atoms with van der Waals surface area (Å²) in [5.74, 6) is -0.950. The fourth-order valence-electron chi connectivity index (χ4n) is 2.11. The fourth-order valence-corrected chi connectivity index (χ4v) is 2.11. The molecular formula is C16H25NO2. The van der Waals surface area contributed by atoms with Crippen LogP contribution in [-0.4, -0.2) is 36.1 Å². The molecule has 3 nitrogen and oxygen atoms in total. The summed E-state index contributed by atoms with van der Waals surface area (Å²) < 4.78 is 0. The Morgan fingerprint density at radius 1 is 1.21 bits per heavy atom. The third-order valence-corrected chi connectivity index (χ3v) is 3.59. The maximum absolute atomic E-state index is 11.0. The summed E-state index contributed by atoms with van der Waals surface area (Å²) >= 11 is 0. The zero-order valence-electron chi connectivity index (χ0n) is 12.2. The van der Waals surface area contributed by atoms with Gasteiger partial charge >= 0.3 is 5.97 Å². The minimum Gasteiger partial charge on any atom is -0.481 e. The zero-order chi connectivity index (χ0) is 14.3. The summed E-state index contributed by atoms with van der Waals surface area (Å²) in [6.07, 6.45) is 2.72. The Morgan fingerprint density at radius 2 is 1.79 bits per heavy atom. The van der Waals surface area contributed by atoms with Crippen molar-refractivity contribution >= 4 is 5.97 Å². The van der Waals surface area contributed by atoms with E-state index in [0.29, 0.717) is 13.0 Å². The lowest BCUT2D eigenvalue weighted by atomic mass is 10.1. The smallest absolute Gasteiger partial charge is 0.307 e. The highest BCUT2D eigenvalue weighted by atomic mass is 16.4. The van der Waals surface area contributed by atoms with Crippen molar-refractivity contribution in [2.45, 2.75) is 33.1 Å². The lowest BCUT2D eigenvalue weighted by Gasteiger charge is -2.20. The summed E-state index contributed by atoms with van der Waals surface area (Å²) in [7, 11) is 1.99. The number of likely N-dealkylation sites (N-methyl/N-ethyl adjacent to an activating group) is 1. The van der Waals surface area contributed by atoms with Crippen molar-refractivity contribution in [3.05, 3.63) is 35.4 Å². The Bertz CT molecular complexity index is 386. The van der Waals surface area contributed by atoms with Crippen LogP contribution in [0.15, 0.2) is 24.3 Å². The first-order chi connectivity index (χ1) is 9.06. The number of carboxylic acids is 1. The average molecular weight is 263 g/mol. The lowest BCUT2D eigenvalue weighted by Crippen LogP contribution is -2.31. The number of aryl methyl sites for hydroxylation is 1. The second-order valence-electron chi connectivity index (χ2n) is 5.13. The van der Waals surface area contributed by atoms with Crippen LogP contribution in [0.4, 0.5) is 0 Å². The van der Waals surface area contributed by atoms with E-state index in [9.17, 15) is 4.79 Å². The molecule has 1 unspecified atom stereocenters. The molecule has 0 amide bonds. The number of hydrogen-bond acceptors (Lipinski definition) is 2. The lowest BCUT2D eigenvalue weighted by molar-refractivity contribution is -0.142. The Labute approximate surface area is 116 Å². The van der Waals surface area contributed by atoms with Crippen molar-refractivity contribution in [3.8, 4) is 0 Å².